The highest BCUT2D eigenvalue weighted by atomic mass is 19.4. The van der Waals surface area contributed by atoms with E-state index >= 15 is 0 Å². The summed E-state index contributed by atoms with van der Waals surface area (Å²) < 4.78 is 78.6. The van der Waals surface area contributed by atoms with Gasteiger partial charge in [0.2, 0.25) is 11.7 Å². The highest BCUT2D eigenvalue weighted by molar-refractivity contribution is 5.59. The smallest absolute Gasteiger partial charge is 0.419 e. The zero-order chi connectivity index (χ0) is 23.4. The van der Waals surface area contributed by atoms with Gasteiger partial charge in [-0.2, -0.15) is 18.2 Å². The molecule has 0 spiro atoms. The number of likely N-dealkylation sites (tertiary alicyclic amines) is 1. The summed E-state index contributed by atoms with van der Waals surface area (Å²) in [4.78, 5) is 5.47. The van der Waals surface area contributed by atoms with E-state index in [0.717, 1.165) is 38.2 Å². The predicted octanol–water partition coefficient (Wildman–Crippen LogP) is 6.51. The van der Waals surface area contributed by atoms with E-state index in [2.05, 4.69) is 17.1 Å². The van der Waals surface area contributed by atoms with Crippen LogP contribution < -0.4 is 4.74 Å². The van der Waals surface area contributed by atoms with Gasteiger partial charge in [0.05, 0.1) is 24.8 Å². The first kappa shape index (κ1) is 24.4. The van der Waals surface area contributed by atoms with Crippen LogP contribution in [0.25, 0.3) is 11.4 Å². The number of aromatic nitrogens is 2. The van der Waals surface area contributed by atoms with Crippen molar-refractivity contribution in [3.05, 3.63) is 29.7 Å². The van der Waals surface area contributed by atoms with Crippen LogP contribution in [-0.2, 0) is 6.18 Å². The number of benzene rings is 1. The van der Waals surface area contributed by atoms with Crippen LogP contribution in [-0.4, -0.2) is 41.2 Å². The molecule has 1 saturated heterocycles. The van der Waals surface area contributed by atoms with Gasteiger partial charge in [-0.15, -0.1) is 0 Å². The van der Waals surface area contributed by atoms with Crippen LogP contribution >= 0.6 is 0 Å². The van der Waals surface area contributed by atoms with Gasteiger partial charge in [-0.3, -0.25) is 4.90 Å². The third-order valence-electron chi connectivity index (χ3n) is 5.53. The van der Waals surface area contributed by atoms with Crippen molar-refractivity contribution in [1.82, 2.24) is 15.0 Å². The molecule has 0 bridgehead atoms. The molecule has 0 saturated carbocycles. The van der Waals surface area contributed by atoms with Gasteiger partial charge in [-0.1, -0.05) is 44.2 Å². The van der Waals surface area contributed by atoms with Crippen molar-refractivity contribution in [2.45, 2.75) is 70.0 Å². The van der Waals surface area contributed by atoms with Crippen LogP contribution in [0, 0.1) is 0 Å². The molecule has 5 nitrogen and oxygen atoms in total. The number of unbranched alkanes of at least 4 members (excludes halogenated alkanes) is 5. The van der Waals surface area contributed by atoms with Crippen LogP contribution in [0.2, 0.25) is 0 Å². The molecule has 1 aliphatic heterocycles. The maximum atomic E-state index is 13.6. The summed E-state index contributed by atoms with van der Waals surface area (Å²) in [5.41, 5.74) is -0.858. The second-order valence-electron chi connectivity index (χ2n) is 8.27. The minimum atomic E-state index is -4.63. The zero-order valence-corrected chi connectivity index (χ0v) is 18.2. The van der Waals surface area contributed by atoms with E-state index < -0.39 is 36.7 Å². The monoisotopic (exact) mass is 461 g/mol. The van der Waals surface area contributed by atoms with Crippen molar-refractivity contribution >= 4 is 0 Å². The van der Waals surface area contributed by atoms with Crippen LogP contribution in [0.3, 0.4) is 0 Å². The molecule has 0 amide bonds. The maximum absolute atomic E-state index is 13.6. The van der Waals surface area contributed by atoms with Crippen molar-refractivity contribution in [2.75, 3.05) is 20.2 Å². The lowest BCUT2D eigenvalue weighted by Crippen LogP contribution is -2.22. The molecule has 1 aromatic heterocycles. The molecule has 0 aliphatic carbocycles. The Hall–Kier alpha value is -2.23. The van der Waals surface area contributed by atoms with Gasteiger partial charge in [-0.05, 0) is 31.7 Å². The van der Waals surface area contributed by atoms with Gasteiger partial charge in [0.15, 0.2) is 0 Å². The molecule has 2 heterocycles. The van der Waals surface area contributed by atoms with Crippen molar-refractivity contribution in [3.63, 3.8) is 0 Å². The number of halogens is 5. The van der Waals surface area contributed by atoms with Crippen molar-refractivity contribution in [2.24, 2.45) is 0 Å². The molecule has 2 aromatic rings. The third-order valence-corrected chi connectivity index (χ3v) is 5.53. The Morgan fingerprint density at radius 2 is 1.88 bits per heavy atom. The molecule has 1 aliphatic rings. The fourth-order valence-electron chi connectivity index (χ4n) is 3.82. The van der Waals surface area contributed by atoms with Gasteiger partial charge in [-0.25, -0.2) is 8.78 Å². The Kier molecular flexibility index (Phi) is 7.74. The molecular weight excluding hydrogens is 433 g/mol. The van der Waals surface area contributed by atoms with E-state index in [9.17, 15) is 22.0 Å². The maximum Gasteiger partial charge on any atom is 0.419 e. The molecule has 3 rings (SSSR count). The van der Waals surface area contributed by atoms with Crippen LogP contribution in [0.5, 0.6) is 5.75 Å². The Bertz CT molecular complexity index is 885. The zero-order valence-electron chi connectivity index (χ0n) is 18.2. The van der Waals surface area contributed by atoms with E-state index in [4.69, 9.17) is 9.26 Å². The number of ether oxygens (including phenoxy) is 1. The summed E-state index contributed by atoms with van der Waals surface area (Å²) in [7, 11) is 1.51. The lowest BCUT2D eigenvalue weighted by molar-refractivity contribution is -0.138. The highest BCUT2D eigenvalue weighted by Crippen LogP contribution is 2.41. The first-order valence-electron chi connectivity index (χ1n) is 10.9. The molecule has 0 radical (unpaired) electrons. The summed E-state index contributed by atoms with van der Waals surface area (Å²) in [5, 5.41) is 3.71. The number of hydrogen-bond donors (Lipinski definition) is 0. The number of alkyl halides is 5. The first-order chi connectivity index (χ1) is 15.1. The number of nitrogens with zero attached hydrogens (tertiary/aromatic N) is 3. The quantitative estimate of drug-likeness (QED) is 0.298. The fourth-order valence-corrected chi connectivity index (χ4v) is 3.82. The fraction of sp³-hybridized carbons (Fsp3) is 0.636. The summed E-state index contributed by atoms with van der Waals surface area (Å²) >= 11 is 0. The molecule has 178 valence electrons. The van der Waals surface area contributed by atoms with Gasteiger partial charge in [0.25, 0.3) is 5.92 Å². The van der Waals surface area contributed by atoms with Crippen molar-refractivity contribution < 1.29 is 31.2 Å². The summed E-state index contributed by atoms with van der Waals surface area (Å²) in [6.07, 6.45) is 0.888. The minimum absolute atomic E-state index is 0.0448. The Morgan fingerprint density at radius 3 is 2.53 bits per heavy atom. The lowest BCUT2D eigenvalue weighted by atomic mass is 10.1. The summed E-state index contributed by atoms with van der Waals surface area (Å²) in [5.74, 6) is -3.27. The molecule has 1 aromatic carbocycles. The normalized spacial score (nSPS) is 18.9. The second-order valence-corrected chi connectivity index (χ2v) is 8.27. The molecule has 1 unspecified atom stereocenters. The topological polar surface area (TPSA) is 51.4 Å². The first-order valence-corrected chi connectivity index (χ1v) is 10.9. The Labute approximate surface area is 183 Å². The van der Waals surface area contributed by atoms with Crippen LogP contribution in [0.4, 0.5) is 22.0 Å². The van der Waals surface area contributed by atoms with Gasteiger partial charge in [0, 0.05) is 12.0 Å². The van der Waals surface area contributed by atoms with E-state index in [0.29, 0.717) is 6.42 Å². The Morgan fingerprint density at radius 1 is 1.16 bits per heavy atom. The van der Waals surface area contributed by atoms with E-state index in [1.54, 1.807) is 0 Å². The van der Waals surface area contributed by atoms with Crippen LogP contribution in [0.1, 0.15) is 69.4 Å². The summed E-state index contributed by atoms with van der Waals surface area (Å²) in [6.45, 7) is 1.87. The molecule has 0 N–H and O–H groups in total. The Balaban J connectivity index is 1.70. The van der Waals surface area contributed by atoms with E-state index in [-0.39, 0.29) is 29.6 Å². The van der Waals surface area contributed by atoms with Crippen molar-refractivity contribution in [1.29, 1.82) is 0 Å². The summed E-state index contributed by atoms with van der Waals surface area (Å²) in [6, 6.07) is 2.76. The number of hydrogen-bond acceptors (Lipinski definition) is 5. The van der Waals surface area contributed by atoms with E-state index in [1.165, 1.54) is 24.1 Å². The van der Waals surface area contributed by atoms with Crippen molar-refractivity contribution in [3.8, 4) is 17.1 Å². The van der Waals surface area contributed by atoms with Crippen LogP contribution in [0.15, 0.2) is 22.7 Å². The van der Waals surface area contributed by atoms with Gasteiger partial charge in [0.1, 0.15) is 5.75 Å². The average molecular weight is 461 g/mol. The second kappa shape index (κ2) is 10.1. The molecule has 10 heteroatoms. The van der Waals surface area contributed by atoms with Gasteiger partial charge < -0.3 is 9.26 Å². The molecule has 1 fully saturated rings. The molecule has 1 atom stereocenters. The third kappa shape index (κ3) is 6.17. The molecule has 32 heavy (non-hydrogen) atoms. The largest absolute Gasteiger partial charge is 0.493 e. The lowest BCUT2D eigenvalue weighted by Gasteiger charge is -2.15. The van der Waals surface area contributed by atoms with E-state index in [1.807, 2.05) is 0 Å². The highest BCUT2D eigenvalue weighted by Gasteiger charge is 2.46. The van der Waals surface area contributed by atoms with Gasteiger partial charge >= 0.3 is 6.18 Å². The predicted molar refractivity (Wildman–Crippen MR) is 109 cm³/mol. The SMILES string of the molecule is CCCCCCCCOc1ccc(-c2noc(C3CC(F)(F)CN3C)n2)cc1C(F)(F)F. The standard InChI is InChI=1S/C22H28F5N3O2/c1-3-4-5-6-7-8-11-31-18-10-9-15(12-16(18)22(25,26)27)19-28-20(32-29-19)17-13-21(23,24)14-30(17)2/h9-10,12,17H,3-8,11,13-14H2,1-2H3. The number of rotatable bonds is 10. The minimum Gasteiger partial charge on any atom is -0.493 e. The molecular formula is C22H28F5N3O2. The average Bonchev–Trinajstić information content (AvgIpc) is 3.30.